The molecule has 3 heteroatoms. The minimum absolute atomic E-state index is 0.750. The van der Waals surface area contributed by atoms with Crippen molar-refractivity contribution in [2.75, 3.05) is 5.33 Å². The first-order valence-corrected chi connectivity index (χ1v) is 5.54. The first-order valence-electron chi connectivity index (χ1n) is 4.42. The average molecular weight is 249 g/mol. The van der Waals surface area contributed by atoms with Gasteiger partial charge in [0.25, 0.3) is 0 Å². The van der Waals surface area contributed by atoms with E-state index in [0.29, 0.717) is 0 Å². The summed E-state index contributed by atoms with van der Waals surface area (Å²) in [4.78, 5) is 3.18. The Balaban J connectivity index is 2.69. The van der Waals surface area contributed by atoms with Crippen molar-refractivity contribution in [2.45, 2.75) is 6.42 Å². The molecule has 0 amide bonds. The maximum Gasteiger partial charge on any atom is 0.0998 e. The summed E-state index contributed by atoms with van der Waals surface area (Å²) in [7, 11) is 0. The lowest BCUT2D eigenvalue weighted by atomic mass is 10.1. The zero-order valence-corrected chi connectivity index (χ0v) is 9.13. The highest BCUT2D eigenvalue weighted by molar-refractivity contribution is 9.09. The van der Waals surface area contributed by atoms with Crippen LogP contribution in [0.15, 0.2) is 24.4 Å². The Hall–Kier alpha value is -1.27. The topological polar surface area (TPSA) is 39.6 Å². The minimum atomic E-state index is 0.750. The Kier molecular flexibility index (Phi) is 2.55. The van der Waals surface area contributed by atoms with Gasteiger partial charge in [-0.15, -0.1) is 0 Å². The van der Waals surface area contributed by atoms with E-state index in [1.54, 1.807) is 0 Å². The van der Waals surface area contributed by atoms with E-state index in [1.165, 1.54) is 5.56 Å². The Labute approximate surface area is 90.7 Å². The highest BCUT2D eigenvalue weighted by atomic mass is 79.9. The fourth-order valence-corrected chi connectivity index (χ4v) is 2.07. The molecule has 0 aliphatic rings. The Morgan fingerprint density at radius 3 is 3.00 bits per heavy atom. The number of fused-ring (bicyclic) bond motifs is 1. The summed E-state index contributed by atoms with van der Waals surface area (Å²) in [6.07, 6.45) is 2.92. The molecule has 0 bridgehead atoms. The number of nitrogens with zero attached hydrogens (tertiary/aromatic N) is 1. The quantitative estimate of drug-likeness (QED) is 0.816. The number of alkyl halides is 1. The molecule has 2 aromatic rings. The molecule has 1 aromatic carbocycles. The molecule has 0 aliphatic heterocycles. The van der Waals surface area contributed by atoms with Crippen molar-refractivity contribution in [3.63, 3.8) is 0 Å². The van der Waals surface area contributed by atoms with Crippen LogP contribution >= 0.6 is 15.9 Å². The second-order valence-corrected chi connectivity index (χ2v) is 3.89. The molecular weight excluding hydrogens is 240 g/mol. The zero-order chi connectivity index (χ0) is 9.97. The molecule has 0 saturated carbocycles. The largest absolute Gasteiger partial charge is 0.361 e. The van der Waals surface area contributed by atoms with Crippen LogP contribution in [0.4, 0.5) is 0 Å². The Bertz CT molecular complexity index is 493. The summed E-state index contributed by atoms with van der Waals surface area (Å²) in [5, 5.41) is 11.0. The number of rotatable bonds is 2. The number of halogens is 1. The third-order valence-corrected chi connectivity index (χ3v) is 2.67. The van der Waals surface area contributed by atoms with Crippen LogP contribution < -0.4 is 0 Å². The molecule has 0 unspecified atom stereocenters. The first kappa shape index (κ1) is 9.29. The maximum absolute atomic E-state index is 8.97. The monoisotopic (exact) mass is 248 g/mol. The summed E-state index contributed by atoms with van der Waals surface area (Å²) in [6, 6.07) is 7.97. The smallest absolute Gasteiger partial charge is 0.0998 e. The molecule has 1 heterocycles. The van der Waals surface area contributed by atoms with Gasteiger partial charge in [-0.25, -0.2) is 0 Å². The van der Waals surface area contributed by atoms with Gasteiger partial charge in [0.05, 0.1) is 11.6 Å². The number of hydrogen-bond donors (Lipinski definition) is 1. The second kappa shape index (κ2) is 3.85. The Morgan fingerprint density at radius 2 is 2.29 bits per heavy atom. The lowest BCUT2D eigenvalue weighted by molar-refractivity contribution is 1.18. The molecule has 2 nitrogen and oxygen atoms in total. The predicted molar refractivity (Wildman–Crippen MR) is 60.5 cm³/mol. The number of aromatic amines is 1. The lowest BCUT2D eigenvalue weighted by Gasteiger charge is -1.97. The SMILES string of the molecule is N#Cc1cccc2[nH]cc(CCBr)c12. The van der Waals surface area contributed by atoms with Crippen molar-refractivity contribution in [1.29, 1.82) is 5.26 Å². The molecule has 1 N–H and O–H groups in total. The standard InChI is InChI=1S/C11H9BrN2/c12-5-4-9-7-14-10-3-1-2-8(6-13)11(9)10/h1-3,7,14H,4-5H2. The summed E-state index contributed by atoms with van der Waals surface area (Å²) in [6.45, 7) is 0. The van der Waals surface area contributed by atoms with E-state index in [1.807, 2.05) is 24.4 Å². The van der Waals surface area contributed by atoms with E-state index in [0.717, 1.165) is 28.2 Å². The molecule has 2 rings (SSSR count). The van der Waals surface area contributed by atoms with E-state index >= 15 is 0 Å². The van der Waals surface area contributed by atoms with E-state index in [4.69, 9.17) is 5.26 Å². The van der Waals surface area contributed by atoms with Crippen molar-refractivity contribution < 1.29 is 0 Å². The summed E-state index contributed by atoms with van der Waals surface area (Å²) >= 11 is 3.41. The van der Waals surface area contributed by atoms with E-state index < -0.39 is 0 Å². The van der Waals surface area contributed by atoms with Crippen molar-refractivity contribution in [1.82, 2.24) is 4.98 Å². The normalized spacial score (nSPS) is 10.3. The van der Waals surface area contributed by atoms with Crippen molar-refractivity contribution in [2.24, 2.45) is 0 Å². The van der Waals surface area contributed by atoms with Crippen molar-refractivity contribution >= 4 is 26.8 Å². The van der Waals surface area contributed by atoms with Crippen LogP contribution in [0.2, 0.25) is 0 Å². The molecular formula is C11H9BrN2. The molecule has 1 aromatic heterocycles. The van der Waals surface area contributed by atoms with E-state index in [9.17, 15) is 0 Å². The molecule has 14 heavy (non-hydrogen) atoms. The molecule has 0 atom stereocenters. The van der Waals surface area contributed by atoms with Crippen LogP contribution in [0.25, 0.3) is 10.9 Å². The molecule has 0 aliphatic carbocycles. The molecule has 0 saturated heterocycles. The van der Waals surface area contributed by atoms with Crippen LogP contribution in [-0.4, -0.2) is 10.3 Å². The fourth-order valence-electron chi connectivity index (χ4n) is 1.65. The van der Waals surface area contributed by atoms with Gasteiger partial charge < -0.3 is 4.98 Å². The molecule has 70 valence electrons. The van der Waals surface area contributed by atoms with Gasteiger partial charge in [0.1, 0.15) is 0 Å². The van der Waals surface area contributed by atoms with Crippen molar-refractivity contribution in [3.05, 3.63) is 35.5 Å². The Morgan fingerprint density at radius 1 is 1.43 bits per heavy atom. The van der Waals surface area contributed by atoms with Crippen LogP contribution in [0.3, 0.4) is 0 Å². The summed E-state index contributed by atoms with van der Waals surface area (Å²) in [5.41, 5.74) is 2.99. The van der Waals surface area contributed by atoms with Gasteiger partial charge in [-0.05, 0) is 24.1 Å². The van der Waals surface area contributed by atoms with E-state index in [2.05, 4.69) is 27.0 Å². The molecule has 0 radical (unpaired) electrons. The number of hydrogen-bond acceptors (Lipinski definition) is 1. The fraction of sp³-hybridized carbons (Fsp3) is 0.182. The van der Waals surface area contributed by atoms with Crippen molar-refractivity contribution in [3.8, 4) is 6.07 Å². The first-order chi connectivity index (χ1) is 6.86. The number of benzene rings is 1. The number of aromatic nitrogens is 1. The third-order valence-electron chi connectivity index (χ3n) is 2.27. The van der Waals surface area contributed by atoms with E-state index in [-0.39, 0.29) is 0 Å². The van der Waals surface area contributed by atoms with Crippen LogP contribution in [0.5, 0.6) is 0 Å². The summed E-state index contributed by atoms with van der Waals surface area (Å²) in [5.74, 6) is 0. The van der Waals surface area contributed by atoms with Gasteiger partial charge in [-0.3, -0.25) is 0 Å². The number of nitriles is 1. The number of nitrogens with one attached hydrogen (secondary N) is 1. The van der Waals surface area contributed by atoms with Gasteiger partial charge in [0.15, 0.2) is 0 Å². The predicted octanol–water partition coefficient (Wildman–Crippen LogP) is 2.98. The number of aryl methyl sites for hydroxylation is 1. The number of H-pyrrole nitrogens is 1. The van der Waals surface area contributed by atoms with Gasteiger partial charge in [-0.1, -0.05) is 22.0 Å². The van der Waals surface area contributed by atoms with Gasteiger partial charge >= 0.3 is 0 Å². The lowest BCUT2D eigenvalue weighted by Crippen LogP contribution is -1.85. The molecule has 0 fully saturated rings. The van der Waals surface area contributed by atoms with Crippen LogP contribution in [-0.2, 0) is 6.42 Å². The van der Waals surface area contributed by atoms with Gasteiger partial charge in [0.2, 0.25) is 0 Å². The summed E-state index contributed by atoms with van der Waals surface area (Å²) < 4.78 is 0. The highest BCUT2D eigenvalue weighted by Gasteiger charge is 2.06. The second-order valence-electron chi connectivity index (χ2n) is 3.09. The van der Waals surface area contributed by atoms with Crippen LogP contribution in [0.1, 0.15) is 11.1 Å². The van der Waals surface area contributed by atoms with Gasteiger partial charge in [-0.2, -0.15) is 5.26 Å². The average Bonchev–Trinajstić information content (AvgIpc) is 2.62. The van der Waals surface area contributed by atoms with Crippen LogP contribution in [0, 0.1) is 11.3 Å². The third kappa shape index (κ3) is 1.42. The highest BCUT2D eigenvalue weighted by Crippen LogP contribution is 2.22. The molecule has 0 spiro atoms. The maximum atomic E-state index is 8.97. The van der Waals surface area contributed by atoms with Gasteiger partial charge in [0, 0.05) is 22.4 Å². The zero-order valence-electron chi connectivity index (χ0n) is 7.55. The minimum Gasteiger partial charge on any atom is -0.361 e.